The first-order valence-corrected chi connectivity index (χ1v) is 20.8. The molecule has 11 aromatic rings. The summed E-state index contributed by atoms with van der Waals surface area (Å²) in [7, 11) is 0. The molecule has 0 saturated carbocycles. The topological polar surface area (TPSA) is 21.3 Å². The average molecular weight is 769 g/mol. The van der Waals surface area contributed by atoms with Gasteiger partial charge in [0.1, 0.15) is 11.2 Å². The second-order valence-corrected chi connectivity index (χ2v) is 16.5. The Labute approximate surface area is 349 Å². The molecule has 9 aromatic carbocycles. The summed E-state index contributed by atoms with van der Waals surface area (Å²) in [4.78, 5) is 2.37. The van der Waals surface area contributed by atoms with E-state index in [9.17, 15) is 0 Å². The van der Waals surface area contributed by atoms with Crippen molar-refractivity contribution in [2.45, 2.75) is 19.3 Å². The first kappa shape index (κ1) is 34.4. The van der Waals surface area contributed by atoms with Crippen molar-refractivity contribution in [3.63, 3.8) is 0 Å². The van der Waals surface area contributed by atoms with Gasteiger partial charge in [-0.1, -0.05) is 147 Å². The molecule has 2 aromatic heterocycles. The van der Waals surface area contributed by atoms with Gasteiger partial charge in [-0.25, -0.2) is 0 Å². The Morgan fingerprint density at radius 1 is 0.433 bits per heavy atom. The maximum atomic E-state index is 6.84. The van der Waals surface area contributed by atoms with Crippen LogP contribution >= 0.6 is 0 Å². The fraction of sp³-hybridized carbons (Fsp3) is 0.0526. The molecule has 2 heterocycles. The lowest BCUT2D eigenvalue weighted by Gasteiger charge is -2.27. The molecule has 0 unspecified atom stereocenters. The molecule has 3 nitrogen and oxygen atoms in total. The first-order valence-electron chi connectivity index (χ1n) is 20.8. The molecule has 284 valence electrons. The number of aromatic nitrogens is 1. The summed E-state index contributed by atoms with van der Waals surface area (Å²) in [5.41, 5.74) is 18.5. The third-order valence-corrected chi connectivity index (χ3v) is 12.8. The van der Waals surface area contributed by atoms with Gasteiger partial charge in [0.05, 0.1) is 22.1 Å². The standard InChI is InChI=1S/C57H40N2O/c1-57(2)49-20-10-6-16-44(49)45-33-28-39(36-50(45)57)37-24-29-41(30-25-37)58(40-14-4-3-5-15-40)53-35-34-43(56-55(53)48-19-9-13-23-54(48)60-56)38-26-31-42(32-27-38)59-51-21-11-7-17-46(51)47-18-8-12-22-52(47)59/h3-36H,1-2H3. The predicted octanol–water partition coefficient (Wildman–Crippen LogP) is 15.8. The molecule has 0 amide bonds. The van der Waals surface area contributed by atoms with Crippen LogP contribution in [-0.4, -0.2) is 4.57 Å². The van der Waals surface area contributed by atoms with E-state index in [1.807, 2.05) is 0 Å². The van der Waals surface area contributed by atoms with Crippen molar-refractivity contribution < 1.29 is 4.42 Å². The number of fused-ring (bicyclic) bond motifs is 9. The van der Waals surface area contributed by atoms with Gasteiger partial charge >= 0.3 is 0 Å². The van der Waals surface area contributed by atoms with E-state index in [2.05, 4.69) is 230 Å². The summed E-state index contributed by atoms with van der Waals surface area (Å²) in [6, 6.07) is 74.7. The zero-order valence-corrected chi connectivity index (χ0v) is 33.4. The van der Waals surface area contributed by atoms with Gasteiger partial charge in [-0.05, 0) is 112 Å². The monoisotopic (exact) mass is 768 g/mol. The Kier molecular flexibility index (Phi) is 7.58. The first-order chi connectivity index (χ1) is 29.5. The molecule has 1 aliphatic rings. The van der Waals surface area contributed by atoms with Gasteiger partial charge in [0, 0.05) is 44.2 Å². The van der Waals surface area contributed by atoms with E-state index < -0.39 is 0 Å². The van der Waals surface area contributed by atoms with Crippen molar-refractivity contribution in [2.75, 3.05) is 4.90 Å². The molecule has 0 N–H and O–H groups in total. The number of rotatable bonds is 6. The second-order valence-electron chi connectivity index (χ2n) is 16.5. The van der Waals surface area contributed by atoms with Crippen LogP contribution in [0.5, 0.6) is 0 Å². The van der Waals surface area contributed by atoms with E-state index >= 15 is 0 Å². The number of hydrogen-bond donors (Lipinski definition) is 0. The number of anilines is 3. The zero-order valence-electron chi connectivity index (χ0n) is 33.4. The highest BCUT2D eigenvalue weighted by atomic mass is 16.3. The van der Waals surface area contributed by atoms with Crippen molar-refractivity contribution >= 4 is 60.8 Å². The largest absolute Gasteiger partial charge is 0.455 e. The maximum absolute atomic E-state index is 6.84. The van der Waals surface area contributed by atoms with Crippen molar-refractivity contribution in [3.8, 4) is 39.1 Å². The van der Waals surface area contributed by atoms with Gasteiger partial charge < -0.3 is 13.9 Å². The molecule has 0 radical (unpaired) electrons. The highest BCUT2D eigenvalue weighted by Gasteiger charge is 2.35. The van der Waals surface area contributed by atoms with E-state index in [0.717, 1.165) is 55.8 Å². The Hall–Kier alpha value is -7.62. The molecular formula is C57H40N2O. The molecule has 0 spiro atoms. The van der Waals surface area contributed by atoms with Crippen LogP contribution in [0.15, 0.2) is 211 Å². The lowest BCUT2D eigenvalue weighted by atomic mass is 9.81. The minimum atomic E-state index is -0.0503. The van der Waals surface area contributed by atoms with E-state index in [1.54, 1.807) is 0 Å². The van der Waals surface area contributed by atoms with Crippen LogP contribution in [-0.2, 0) is 5.41 Å². The molecule has 3 heteroatoms. The lowest BCUT2D eigenvalue weighted by molar-refractivity contribution is 0.660. The molecular weight excluding hydrogens is 729 g/mol. The van der Waals surface area contributed by atoms with E-state index in [0.29, 0.717) is 0 Å². The van der Waals surface area contributed by atoms with E-state index in [-0.39, 0.29) is 5.41 Å². The summed E-state index contributed by atoms with van der Waals surface area (Å²) >= 11 is 0. The molecule has 0 saturated heterocycles. The van der Waals surface area contributed by atoms with Crippen molar-refractivity contribution in [1.29, 1.82) is 0 Å². The van der Waals surface area contributed by atoms with Crippen LogP contribution in [0.25, 0.3) is 82.8 Å². The Bertz CT molecular complexity index is 3390. The fourth-order valence-electron chi connectivity index (χ4n) is 9.91. The minimum Gasteiger partial charge on any atom is -0.455 e. The van der Waals surface area contributed by atoms with Crippen LogP contribution in [0.1, 0.15) is 25.0 Å². The third kappa shape index (κ3) is 5.15. The number of nitrogens with zero attached hydrogens (tertiary/aromatic N) is 2. The van der Waals surface area contributed by atoms with Gasteiger partial charge in [0.2, 0.25) is 0 Å². The molecule has 0 bridgehead atoms. The van der Waals surface area contributed by atoms with Gasteiger partial charge in [0.25, 0.3) is 0 Å². The number of hydrogen-bond acceptors (Lipinski definition) is 2. The maximum Gasteiger partial charge on any atom is 0.145 e. The third-order valence-electron chi connectivity index (χ3n) is 12.8. The summed E-state index contributed by atoms with van der Waals surface area (Å²) in [6.07, 6.45) is 0. The molecule has 0 aliphatic heterocycles. The summed E-state index contributed by atoms with van der Waals surface area (Å²) in [5.74, 6) is 0. The van der Waals surface area contributed by atoms with Crippen molar-refractivity contribution in [2.24, 2.45) is 0 Å². The van der Waals surface area contributed by atoms with Gasteiger partial charge in [0.15, 0.2) is 0 Å². The van der Waals surface area contributed by atoms with Crippen LogP contribution in [0.2, 0.25) is 0 Å². The predicted molar refractivity (Wildman–Crippen MR) is 251 cm³/mol. The number of furan rings is 1. The zero-order chi connectivity index (χ0) is 40.0. The second kappa shape index (κ2) is 13.2. The van der Waals surface area contributed by atoms with Crippen LogP contribution in [0.3, 0.4) is 0 Å². The summed E-state index contributed by atoms with van der Waals surface area (Å²) < 4.78 is 9.20. The van der Waals surface area contributed by atoms with Gasteiger partial charge in [-0.15, -0.1) is 0 Å². The summed E-state index contributed by atoms with van der Waals surface area (Å²) in [5, 5.41) is 4.69. The summed E-state index contributed by atoms with van der Waals surface area (Å²) in [6.45, 7) is 4.69. The van der Waals surface area contributed by atoms with Gasteiger partial charge in [-0.3, -0.25) is 0 Å². The normalized spacial score (nSPS) is 13.0. The molecule has 0 atom stereocenters. The van der Waals surface area contributed by atoms with Crippen LogP contribution in [0.4, 0.5) is 17.1 Å². The van der Waals surface area contributed by atoms with Crippen molar-refractivity contribution in [1.82, 2.24) is 4.57 Å². The highest BCUT2D eigenvalue weighted by molar-refractivity contribution is 6.17. The van der Waals surface area contributed by atoms with Gasteiger partial charge in [-0.2, -0.15) is 0 Å². The quantitative estimate of drug-likeness (QED) is 0.168. The number of para-hydroxylation sites is 4. The SMILES string of the molecule is CC1(C)c2ccccc2-c2ccc(-c3ccc(N(c4ccccc4)c4ccc(-c5ccc(-n6c7ccccc7c7ccccc76)cc5)c5oc6ccccc6c45)cc3)cc21. The molecule has 1 aliphatic carbocycles. The number of benzene rings is 9. The lowest BCUT2D eigenvalue weighted by Crippen LogP contribution is -2.14. The Balaban J connectivity index is 0.970. The Morgan fingerprint density at radius 3 is 1.75 bits per heavy atom. The van der Waals surface area contributed by atoms with Crippen molar-refractivity contribution in [3.05, 3.63) is 217 Å². The fourth-order valence-corrected chi connectivity index (χ4v) is 9.91. The average Bonchev–Trinajstić information content (AvgIpc) is 3.93. The smallest absolute Gasteiger partial charge is 0.145 e. The minimum absolute atomic E-state index is 0.0503. The molecule has 0 fully saturated rings. The van der Waals surface area contributed by atoms with Crippen LogP contribution < -0.4 is 4.90 Å². The Morgan fingerprint density at radius 2 is 1.00 bits per heavy atom. The van der Waals surface area contributed by atoms with Crippen LogP contribution in [0, 0.1) is 0 Å². The molecule has 60 heavy (non-hydrogen) atoms. The van der Waals surface area contributed by atoms with E-state index in [4.69, 9.17) is 4.42 Å². The highest BCUT2D eigenvalue weighted by Crippen LogP contribution is 2.50. The van der Waals surface area contributed by atoms with E-state index in [1.165, 1.54) is 55.2 Å². The molecule has 12 rings (SSSR count).